The number of hydrogen-bond acceptors (Lipinski definition) is 1. The van der Waals surface area contributed by atoms with Crippen LogP contribution in [0.4, 0.5) is 43.9 Å². The number of rotatable bonds is 6. The third kappa shape index (κ3) is 2.36. The summed E-state index contributed by atoms with van der Waals surface area (Å²) in [5, 5.41) is 0. The van der Waals surface area contributed by atoms with E-state index >= 15 is 0 Å². The second kappa shape index (κ2) is 4.74. The second-order valence-electron chi connectivity index (χ2n) is 3.21. The molecule has 0 saturated heterocycles. The maximum absolute atomic E-state index is 12.6. The van der Waals surface area contributed by atoms with Crippen molar-refractivity contribution in [2.24, 2.45) is 0 Å². The summed E-state index contributed by atoms with van der Waals surface area (Å²) in [4.78, 5) is 0. The fourth-order valence-electron chi connectivity index (χ4n) is 0.848. The molecule has 1 nitrogen and oxygen atoms in total. The van der Waals surface area contributed by atoms with Gasteiger partial charge < -0.3 is 4.74 Å². The molecule has 0 unspecified atom stereocenters. The van der Waals surface area contributed by atoms with E-state index < -0.39 is 36.7 Å². The van der Waals surface area contributed by atoms with E-state index in [0.29, 0.717) is 7.11 Å². The van der Waals surface area contributed by atoms with Crippen molar-refractivity contribution in [2.75, 3.05) is 13.7 Å². The van der Waals surface area contributed by atoms with Crippen molar-refractivity contribution in [1.29, 1.82) is 0 Å². The molecule has 0 spiro atoms. The van der Waals surface area contributed by atoms with Crippen molar-refractivity contribution >= 4 is 0 Å². The average molecular weight is 296 g/mol. The van der Waals surface area contributed by atoms with E-state index in [-0.39, 0.29) is 0 Å². The molecule has 0 N–H and O–H groups in total. The Bertz CT molecular complexity index is 286. The first kappa shape index (κ1) is 17.3. The molecule has 0 aromatic rings. The van der Waals surface area contributed by atoms with Gasteiger partial charge in [-0.2, -0.15) is 35.1 Å². The van der Waals surface area contributed by atoms with E-state index in [1.807, 2.05) is 0 Å². The van der Waals surface area contributed by atoms with Crippen molar-refractivity contribution in [3.63, 3.8) is 0 Å². The summed E-state index contributed by atoms with van der Waals surface area (Å²) in [7, 11) is 0.410. The highest BCUT2D eigenvalue weighted by molar-refractivity contribution is 5.04. The Hall–Kier alpha value is -0.740. The third-order valence-corrected chi connectivity index (χ3v) is 1.87. The normalized spacial score (nSPS) is 15.3. The molecule has 0 aromatic carbocycles. The van der Waals surface area contributed by atoms with Crippen molar-refractivity contribution in [2.45, 2.75) is 30.1 Å². The summed E-state index contributed by atoms with van der Waals surface area (Å²) in [5.74, 6) is -26.0. The van der Waals surface area contributed by atoms with Crippen molar-refractivity contribution < 1.29 is 48.6 Å². The summed E-state index contributed by atoms with van der Waals surface area (Å²) < 4.78 is 127. The molecule has 0 aromatic heterocycles. The van der Waals surface area contributed by atoms with Crippen molar-refractivity contribution in [3.8, 4) is 0 Å². The van der Waals surface area contributed by atoms with Gasteiger partial charge in [-0.25, -0.2) is 8.78 Å². The van der Waals surface area contributed by atoms with Crippen LogP contribution in [0.3, 0.4) is 0 Å². The van der Waals surface area contributed by atoms with Gasteiger partial charge in [-0.1, -0.05) is 0 Å². The van der Waals surface area contributed by atoms with Crippen LogP contribution >= 0.6 is 0 Å². The van der Waals surface area contributed by atoms with Gasteiger partial charge in [-0.05, 0) is 0 Å². The molecule has 110 valence electrons. The van der Waals surface area contributed by atoms with E-state index in [2.05, 4.69) is 4.74 Å². The molecule has 0 bridgehead atoms. The van der Waals surface area contributed by atoms with Gasteiger partial charge >= 0.3 is 30.1 Å². The van der Waals surface area contributed by atoms with E-state index in [9.17, 15) is 43.9 Å². The smallest absolute Gasteiger partial charge is 0.378 e. The number of methoxy groups -OCH3 is 1. The molecular weight excluding hydrogens is 290 g/mol. The molecule has 18 heavy (non-hydrogen) atoms. The Balaban J connectivity index is 5.58. The molecule has 0 radical (unpaired) electrons. The number of alkyl halides is 10. The van der Waals surface area contributed by atoms with Gasteiger partial charge in [0, 0.05) is 7.11 Å². The van der Waals surface area contributed by atoms with Crippen LogP contribution in [0.15, 0.2) is 0 Å². The highest BCUT2D eigenvalue weighted by Gasteiger charge is 2.82. The van der Waals surface area contributed by atoms with Gasteiger partial charge in [0.2, 0.25) is 0 Å². The zero-order valence-corrected chi connectivity index (χ0v) is 8.47. The zero-order chi connectivity index (χ0) is 15.0. The summed E-state index contributed by atoms with van der Waals surface area (Å²) in [6.45, 7) is -2.34. The maximum atomic E-state index is 12.6. The molecule has 0 heterocycles. The first-order chi connectivity index (χ1) is 7.75. The Labute approximate surface area is 93.7 Å². The molecular formula is C7H6F10O. The first-order valence-electron chi connectivity index (χ1n) is 4.04. The molecule has 0 rings (SSSR count). The molecule has 0 aliphatic heterocycles. The first-order valence-corrected chi connectivity index (χ1v) is 4.04. The highest BCUT2D eigenvalue weighted by atomic mass is 19.4. The van der Waals surface area contributed by atoms with Crippen LogP contribution in [-0.4, -0.2) is 43.8 Å². The highest BCUT2D eigenvalue weighted by Crippen LogP contribution is 2.54. The largest absolute Gasteiger partial charge is 0.384 e. The van der Waals surface area contributed by atoms with Crippen LogP contribution < -0.4 is 0 Å². The minimum Gasteiger partial charge on any atom is -0.378 e. The maximum Gasteiger partial charge on any atom is 0.384 e. The lowest BCUT2D eigenvalue weighted by Gasteiger charge is -2.36. The van der Waals surface area contributed by atoms with Crippen LogP contribution in [-0.2, 0) is 4.74 Å². The van der Waals surface area contributed by atoms with E-state index in [4.69, 9.17) is 0 Å². The van der Waals surface area contributed by atoms with Gasteiger partial charge in [0.05, 0.1) is 0 Å². The van der Waals surface area contributed by atoms with Crippen molar-refractivity contribution in [1.82, 2.24) is 0 Å². The second-order valence-corrected chi connectivity index (χ2v) is 3.21. The number of ether oxygens (including phenoxy) is 1. The van der Waals surface area contributed by atoms with E-state index in [0.717, 1.165) is 0 Å². The predicted octanol–water partition coefficient (Wildman–Crippen LogP) is 3.44. The average Bonchev–Trinajstić information content (AvgIpc) is 2.16. The standard InChI is InChI=1S/C7H6F10O/c1-18-2-4(10,11)6(14,15)7(16,17)5(12,13)3(8)9/h3H,2H2,1H3. The minimum atomic E-state index is -6.95. The van der Waals surface area contributed by atoms with E-state index in [1.54, 1.807) is 0 Å². The molecule has 0 atom stereocenters. The molecule has 0 amide bonds. The SMILES string of the molecule is COCC(F)(F)C(F)(F)C(F)(F)C(F)(F)C(F)F. The lowest BCUT2D eigenvalue weighted by Crippen LogP contribution is -2.65. The monoisotopic (exact) mass is 296 g/mol. The van der Waals surface area contributed by atoms with Gasteiger partial charge in [0.1, 0.15) is 6.61 Å². The summed E-state index contributed by atoms with van der Waals surface area (Å²) in [6, 6.07) is 0. The molecule has 0 fully saturated rings. The topological polar surface area (TPSA) is 9.23 Å². The fourth-order valence-corrected chi connectivity index (χ4v) is 0.848. The van der Waals surface area contributed by atoms with Crippen LogP contribution in [0.25, 0.3) is 0 Å². The fraction of sp³-hybridized carbons (Fsp3) is 1.00. The van der Waals surface area contributed by atoms with Gasteiger partial charge in [0.25, 0.3) is 0 Å². The predicted molar refractivity (Wildman–Crippen MR) is 37.7 cm³/mol. The molecule has 0 saturated carbocycles. The quantitative estimate of drug-likeness (QED) is 0.682. The lowest BCUT2D eigenvalue weighted by molar-refractivity contribution is -0.387. The Kier molecular flexibility index (Phi) is 4.55. The Morgan fingerprint density at radius 2 is 1.22 bits per heavy atom. The zero-order valence-electron chi connectivity index (χ0n) is 8.47. The van der Waals surface area contributed by atoms with Crippen LogP contribution in [0.1, 0.15) is 0 Å². The molecule has 11 heteroatoms. The van der Waals surface area contributed by atoms with Gasteiger partial charge in [-0.3, -0.25) is 0 Å². The van der Waals surface area contributed by atoms with Gasteiger partial charge in [-0.15, -0.1) is 0 Å². The lowest BCUT2D eigenvalue weighted by atomic mass is 9.99. The van der Waals surface area contributed by atoms with Crippen LogP contribution in [0.2, 0.25) is 0 Å². The van der Waals surface area contributed by atoms with Gasteiger partial charge in [0.15, 0.2) is 0 Å². The number of hydrogen-bond donors (Lipinski definition) is 0. The third-order valence-electron chi connectivity index (χ3n) is 1.87. The Morgan fingerprint density at radius 3 is 1.50 bits per heavy atom. The summed E-state index contributed by atoms with van der Waals surface area (Å²) in [5.41, 5.74) is 0. The Morgan fingerprint density at radius 1 is 0.833 bits per heavy atom. The summed E-state index contributed by atoms with van der Waals surface area (Å²) >= 11 is 0. The molecule has 0 aliphatic rings. The minimum absolute atomic E-state index is 0.410. The summed E-state index contributed by atoms with van der Waals surface area (Å²) in [6.07, 6.45) is -5.24. The number of halogens is 10. The molecule has 0 aliphatic carbocycles. The van der Waals surface area contributed by atoms with Crippen LogP contribution in [0, 0.1) is 0 Å². The van der Waals surface area contributed by atoms with Crippen molar-refractivity contribution in [3.05, 3.63) is 0 Å². The van der Waals surface area contributed by atoms with E-state index in [1.165, 1.54) is 0 Å². The van der Waals surface area contributed by atoms with Crippen LogP contribution in [0.5, 0.6) is 0 Å².